The maximum Gasteiger partial charge on any atom is 0.200 e. The van der Waals surface area contributed by atoms with Crippen molar-refractivity contribution < 1.29 is 13.6 Å². The average Bonchev–Trinajstić information content (AvgIpc) is 2.35. The Morgan fingerprint density at radius 2 is 1.78 bits per heavy atom. The quantitative estimate of drug-likeness (QED) is 0.746. The summed E-state index contributed by atoms with van der Waals surface area (Å²) in [6, 6.07) is 8.52. The van der Waals surface area contributed by atoms with E-state index in [1.165, 1.54) is 25.1 Å². The van der Waals surface area contributed by atoms with Gasteiger partial charge >= 0.3 is 0 Å². The fourth-order valence-electron chi connectivity index (χ4n) is 1.64. The fraction of sp³-hybridized carbons (Fsp3) is 0.0714. The minimum atomic E-state index is -0.886. The lowest BCUT2D eigenvalue weighted by atomic mass is 10.0. The Labute approximate surface area is 108 Å². The van der Waals surface area contributed by atoms with Crippen LogP contribution >= 0.6 is 11.6 Å². The van der Waals surface area contributed by atoms with Crippen LogP contribution in [0.25, 0.3) is 0 Å². The molecule has 0 aliphatic rings. The van der Waals surface area contributed by atoms with Gasteiger partial charge in [-0.2, -0.15) is 0 Å². The third kappa shape index (κ3) is 2.14. The summed E-state index contributed by atoms with van der Waals surface area (Å²) in [6.45, 7) is 1.47. The van der Waals surface area contributed by atoms with Gasteiger partial charge in [0.05, 0.1) is 10.6 Å². The second-order valence-electron chi connectivity index (χ2n) is 3.86. The molecule has 0 heterocycles. The predicted molar refractivity (Wildman–Crippen MR) is 66.0 cm³/mol. The van der Waals surface area contributed by atoms with Crippen LogP contribution in [-0.2, 0) is 0 Å². The third-order valence-corrected chi connectivity index (χ3v) is 2.96. The van der Waals surface area contributed by atoms with Gasteiger partial charge in [0.15, 0.2) is 5.78 Å². The largest absolute Gasteiger partial charge is 0.288 e. The minimum Gasteiger partial charge on any atom is -0.288 e. The van der Waals surface area contributed by atoms with E-state index in [4.69, 9.17) is 11.6 Å². The molecule has 0 unspecified atom stereocenters. The van der Waals surface area contributed by atoms with Crippen molar-refractivity contribution >= 4 is 17.4 Å². The molecule has 0 saturated heterocycles. The van der Waals surface area contributed by atoms with E-state index in [9.17, 15) is 13.6 Å². The molecule has 0 aliphatic heterocycles. The van der Waals surface area contributed by atoms with Gasteiger partial charge in [-0.15, -0.1) is 0 Å². The number of rotatable bonds is 2. The van der Waals surface area contributed by atoms with E-state index in [1.54, 1.807) is 12.1 Å². The normalized spacial score (nSPS) is 10.4. The standard InChI is InChI=1S/C14H9ClF2O/c1-8-6-7-11(16)12(13(8)17)14(18)9-4-2-3-5-10(9)15/h2-7H,1H3. The van der Waals surface area contributed by atoms with Gasteiger partial charge in [0.25, 0.3) is 0 Å². The summed E-state index contributed by atoms with van der Waals surface area (Å²) < 4.78 is 27.4. The first-order chi connectivity index (χ1) is 8.52. The number of carbonyl (C=O) groups is 1. The molecule has 0 amide bonds. The highest BCUT2D eigenvalue weighted by Crippen LogP contribution is 2.23. The SMILES string of the molecule is Cc1ccc(F)c(C(=O)c2ccccc2Cl)c1F. The molecule has 2 rings (SSSR count). The molecule has 0 radical (unpaired) electrons. The molecule has 0 atom stereocenters. The summed E-state index contributed by atoms with van der Waals surface area (Å²) in [5.74, 6) is -2.48. The van der Waals surface area contributed by atoms with E-state index in [0.717, 1.165) is 6.07 Å². The highest BCUT2D eigenvalue weighted by atomic mass is 35.5. The van der Waals surface area contributed by atoms with E-state index >= 15 is 0 Å². The smallest absolute Gasteiger partial charge is 0.200 e. The molecule has 0 fully saturated rings. The predicted octanol–water partition coefficient (Wildman–Crippen LogP) is 4.16. The number of halogens is 3. The molecule has 0 aliphatic carbocycles. The average molecular weight is 267 g/mol. The first-order valence-electron chi connectivity index (χ1n) is 5.26. The minimum absolute atomic E-state index is 0.0857. The summed E-state index contributed by atoms with van der Waals surface area (Å²) in [4.78, 5) is 12.1. The third-order valence-electron chi connectivity index (χ3n) is 2.63. The van der Waals surface area contributed by atoms with E-state index in [-0.39, 0.29) is 16.1 Å². The van der Waals surface area contributed by atoms with E-state index < -0.39 is 23.0 Å². The Kier molecular flexibility index (Phi) is 3.43. The van der Waals surface area contributed by atoms with Crippen molar-refractivity contribution in [2.24, 2.45) is 0 Å². The molecular formula is C14H9ClF2O. The number of hydrogen-bond donors (Lipinski definition) is 0. The molecule has 1 nitrogen and oxygen atoms in total. The molecule has 0 saturated carbocycles. The topological polar surface area (TPSA) is 17.1 Å². The van der Waals surface area contributed by atoms with Gasteiger partial charge in [0.2, 0.25) is 0 Å². The van der Waals surface area contributed by atoms with Crippen molar-refractivity contribution in [2.75, 3.05) is 0 Å². The number of ketones is 1. The highest BCUT2D eigenvalue weighted by molar-refractivity contribution is 6.35. The second-order valence-corrected chi connectivity index (χ2v) is 4.27. The Balaban J connectivity index is 2.61. The van der Waals surface area contributed by atoms with Crippen LogP contribution in [0, 0.1) is 18.6 Å². The van der Waals surface area contributed by atoms with Crippen LogP contribution in [0.5, 0.6) is 0 Å². The molecule has 92 valence electrons. The maximum atomic E-state index is 13.8. The van der Waals surface area contributed by atoms with Crippen molar-refractivity contribution in [2.45, 2.75) is 6.92 Å². The van der Waals surface area contributed by atoms with Gasteiger partial charge in [0, 0.05) is 5.56 Å². The lowest BCUT2D eigenvalue weighted by Gasteiger charge is -2.07. The van der Waals surface area contributed by atoms with Gasteiger partial charge < -0.3 is 0 Å². The second kappa shape index (κ2) is 4.86. The van der Waals surface area contributed by atoms with Crippen LogP contribution in [0.15, 0.2) is 36.4 Å². The molecule has 0 bridgehead atoms. The van der Waals surface area contributed by atoms with E-state index in [2.05, 4.69) is 0 Å². The molecule has 4 heteroatoms. The molecule has 18 heavy (non-hydrogen) atoms. The first kappa shape index (κ1) is 12.7. The first-order valence-corrected chi connectivity index (χ1v) is 5.64. The lowest BCUT2D eigenvalue weighted by molar-refractivity contribution is 0.103. The van der Waals surface area contributed by atoms with E-state index in [1.807, 2.05) is 0 Å². The Morgan fingerprint density at radius 3 is 2.44 bits per heavy atom. The van der Waals surface area contributed by atoms with E-state index in [0.29, 0.717) is 0 Å². The Hall–Kier alpha value is -1.74. The number of aryl methyl sites for hydroxylation is 1. The van der Waals surface area contributed by atoms with Crippen LogP contribution in [0.1, 0.15) is 21.5 Å². The Bertz CT molecular complexity index is 623. The molecule has 2 aromatic carbocycles. The molecule has 0 N–H and O–H groups in total. The molecule has 2 aromatic rings. The Morgan fingerprint density at radius 1 is 1.11 bits per heavy atom. The number of hydrogen-bond acceptors (Lipinski definition) is 1. The molecular weight excluding hydrogens is 258 g/mol. The summed E-state index contributed by atoms with van der Waals surface area (Å²) in [5, 5.41) is 0.169. The molecule has 0 spiro atoms. The fourth-order valence-corrected chi connectivity index (χ4v) is 1.87. The van der Waals surface area contributed by atoms with Crippen LogP contribution in [0.3, 0.4) is 0 Å². The van der Waals surface area contributed by atoms with Crippen molar-refractivity contribution in [1.29, 1.82) is 0 Å². The van der Waals surface area contributed by atoms with Gasteiger partial charge in [0.1, 0.15) is 11.6 Å². The highest BCUT2D eigenvalue weighted by Gasteiger charge is 2.21. The summed E-state index contributed by atoms with van der Waals surface area (Å²) >= 11 is 5.85. The number of carbonyl (C=O) groups excluding carboxylic acids is 1. The van der Waals surface area contributed by atoms with Crippen molar-refractivity contribution in [1.82, 2.24) is 0 Å². The van der Waals surface area contributed by atoms with Gasteiger partial charge in [-0.1, -0.05) is 29.8 Å². The zero-order valence-electron chi connectivity index (χ0n) is 9.51. The number of benzene rings is 2. The summed E-state index contributed by atoms with van der Waals surface area (Å²) in [6.07, 6.45) is 0. The van der Waals surface area contributed by atoms with Crippen LogP contribution in [-0.4, -0.2) is 5.78 Å². The van der Waals surface area contributed by atoms with Gasteiger partial charge in [-0.25, -0.2) is 8.78 Å². The zero-order chi connectivity index (χ0) is 13.3. The van der Waals surface area contributed by atoms with Crippen molar-refractivity contribution in [3.63, 3.8) is 0 Å². The lowest BCUT2D eigenvalue weighted by Crippen LogP contribution is -2.09. The van der Waals surface area contributed by atoms with Crippen molar-refractivity contribution in [3.05, 3.63) is 69.7 Å². The summed E-state index contributed by atoms with van der Waals surface area (Å²) in [5.41, 5.74) is -0.266. The van der Waals surface area contributed by atoms with Gasteiger partial charge in [-0.3, -0.25) is 4.79 Å². The summed E-state index contributed by atoms with van der Waals surface area (Å²) in [7, 11) is 0. The van der Waals surface area contributed by atoms with Crippen LogP contribution in [0.2, 0.25) is 5.02 Å². The maximum absolute atomic E-state index is 13.8. The van der Waals surface area contributed by atoms with Crippen LogP contribution in [0.4, 0.5) is 8.78 Å². The zero-order valence-corrected chi connectivity index (χ0v) is 10.3. The molecule has 0 aromatic heterocycles. The van der Waals surface area contributed by atoms with Gasteiger partial charge in [-0.05, 0) is 30.7 Å². The monoisotopic (exact) mass is 266 g/mol. The van der Waals surface area contributed by atoms with Crippen LogP contribution < -0.4 is 0 Å². The van der Waals surface area contributed by atoms with Crippen molar-refractivity contribution in [3.8, 4) is 0 Å².